The molecule has 21 heavy (non-hydrogen) atoms. The lowest BCUT2D eigenvalue weighted by molar-refractivity contribution is -0.117. The number of carbonyl (C=O) groups is 1. The number of pyridine rings is 1. The third kappa shape index (κ3) is 3.61. The van der Waals surface area contributed by atoms with Crippen LogP contribution in [0.3, 0.4) is 0 Å². The second-order valence-electron chi connectivity index (χ2n) is 7.10. The fraction of sp³-hybridized carbons (Fsp3) is 0.500. The van der Waals surface area contributed by atoms with Crippen LogP contribution in [-0.2, 0) is 10.4 Å². The molecule has 2 aromatic heterocycles. The zero-order valence-electron chi connectivity index (χ0n) is 13.3. The van der Waals surface area contributed by atoms with Gasteiger partial charge < -0.3 is 10.4 Å². The van der Waals surface area contributed by atoms with Gasteiger partial charge >= 0.3 is 0 Å². The third-order valence-electron chi connectivity index (χ3n) is 3.10. The molecule has 5 nitrogen and oxygen atoms in total. The summed E-state index contributed by atoms with van der Waals surface area (Å²) in [6.07, 6.45) is 2.19. The molecule has 5 heteroatoms. The number of hydrogen-bond acceptors (Lipinski definition) is 3. The number of nitrogens with zero attached hydrogens (tertiary/aromatic N) is 2. The third-order valence-corrected chi connectivity index (χ3v) is 3.10. The maximum absolute atomic E-state index is 12.1. The van der Waals surface area contributed by atoms with Gasteiger partial charge in [-0.2, -0.15) is 0 Å². The molecule has 0 aliphatic carbocycles. The predicted molar refractivity (Wildman–Crippen MR) is 83.1 cm³/mol. The summed E-state index contributed by atoms with van der Waals surface area (Å²) in [6, 6.07) is 5.61. The summed E-state index contributed by atoms with van der Waals surface area (Å²) in [4.78, 5) is 12.1. The van der Waals surface area contributed by atoms with Crippen molar-refractivity contribution in [1.29, 1.82) is 0 Å². The number of carbonyl (C=O) groups excluding carboxylic acids is 1. The molecule has 2 heterocycles. The summed E-state index contributed by atoms with van der Waals surface area (Å²) in [5.41, 5.74) is 0.229. The Morgan fingerprint density at radius 2 is 1.95 bits per heavy atom. The van der Waals surface area contributed by atoms with Crippen LogP contribution in [0.4, 0.5) is 5.82 Å². The van der Waals surface area contributed by atoms with E-state index in [-0.39, 0.29) is 11.3 Å². The first-order valence-electron chi connectivity index (χ1n) is 7.08. The van der Waals surface area contributed by atoms with E-state index in [0.717, 1.165) is 5.52 Å². The number of nitrogens with one attached hydrogen (secondary N) is 1. The number of aromatic nitrogens is 2. The van der Waals surface area contributed by atoms with E-state index < -0.39 is 5.60 Å². The van der Waals surface area contributed by atoms with Crippen molar-refractivity contribution in [3.8, 4) is 0 Å². The van der Waals surface area contributed by atoms with Crippen molar-refractivity contribution in [3.05, 3.63) is 30.0 Å². The molecule has 2 rings (SSSR count). The molecule has 0 saturated carbocycles. The Hall–Kier alpha value is -1.88. The normalized spacial score (nSPS) is 12.7. The highest BCUT2D eigenvalue weighted by atomic mass is 16.3. The quantitative estimate of drug-likeness (QED) is 0.913. The fourth-order valence-corrected chi connectivity index (χ4v) is 2.35. The molecule has 114 valence electrons. The molecule has 0 aliphatic rings. The van der Waals surface area contributed by atoms with Crippen molar-refractivity contribution >= 4 is 17.2 Å². The highest BCUT2D eigenvalue weighted by molar-refractivity contribution is 5.92. The van der Waals surface area contributed by atoms with Crippen LogP contribution in [0.5, 0.6) is 0 Å². The standard InChI is InChI=1S/C16H23N3O2/c1-15(2,3)10-12(20)17-14-13(16(4,5)21)11-8-6-7-9-19(11)18-14/h6-9,21H,10H2,1-5H3,(H,17,18,20). The van der Waals surface area contributed by atoms with Crippen LogP contribution in [-0.4, -0.2) is 20.6 Å². The van der Waals surface area contributed by atoms with Crippen molar-refractivity contribution in [2.45, 2.75) is 46.6 Å². The van der Waals surface area contributed by atoms with Crippen molar-refractivity contribution in [1.82, 2.24) is 9.61 Å². The summed E-state index contributed by atoms with van der Waals surface area (Å²) in [5.74, 6) is 0.319. The second kappa shape index (κ2) is 5.15. The average Bonchev–Trinajstić information content (AvgIpc) is 2.62. The smallest absolute Gasteiger partial charge is 0.226 e. The Morgan fingerprint density at radius 3 is 2.52 bits per heavy atom. The molecule has 0 unspecified atom stereocenters. The van der Waals surface area contributed by atoms with E-state index in [1.54, 1.807) is 24.6 Å². The second-order valence-corrected chi connectivity index (χ2v) is 7.10. The van der Waals surface area contributed by atoms with Gasteiger partial charge in [0.15, 0.2) is 5.82 Å². The van der Waals surface area contributed by atoms with Crippen LogP contribution in [0.15, 0.2) is 24.4 Å². The largest absolute Gasteiger partial charge is 0.386 e. The first-order valence-corrected chi connectivity index (χ1v) is 7.08. The van der Waals surface area contributed by atoms with Gasteiger partial charge in [0.1, 0.15) is 0 Å². The number of hydrogen-bond donors (Lipinski definition) is 2. The average molecular weight is 289 g/mol. The molecule has 2 aromatic rings. The molecule has 1 amide bonds. The Balaban J connectivity index is 2.42. The van der Waals surface area contributed by atoms with E-state index in [0.29, 0.717) is 17.8 Å². The Labute approximate surface area is 125 Å². The van der Waals surface area contributed by atoms with Gasteiger partial charge in [-0.05, 0) is 31.4 Å². The molecule has 0 bridgehead atoms. The van der Waals surface area contributed by atoms with E-state index >= 15 is 0 Å². The van der Waals surface area contributed by atoms with E-state index in [9.17, 15) is 9.90 Å². The summed E-state index contributed by atoms with van der Waals surface area (Å²) in [7, 11) is 0. The van der Waals surface area contributed by atoms with Gasteiger partial charge in [-0.25, -0.2) is 4.52 Å². The zero-order chi connectivity index (χ0) is 15.8. The van der Waals surface area contributed by atoms with E-state index in [1.807, 2.05) is 39.0 Å². The highest BCUT2D eigenvalue weighted by Crippen LogP contribution is 2.32. The van der Waals surface area contributed by atoms with Gasteiger partial charge in [0, 0.05) is 12.6 Å². The number of aliphatic hydroxyl groups is 1. The summed E-state index contributed by atoms with van der Waals surface area (Å²) < 4.78 is 1.67. The van der Waals surface area contributed by atoms with Crippen molar-refractivity contribution in [2.75, 3.05) is 5.32 Å². The lowest BCUT2D eigenvalue weighted by atomic mass is 9.92. The van der Waals surface area contributed by atoms with Crippen molar-refractivity contribution in [3.63, 3.8) is 0 Å². The van der Waals surface area contributed by atoms with Gasteiger partial charge in [-0.1, -0.05) is 26.8 Å². The van der Waals surface area contributed by atoms with Crippen molar-refractivity contribution in [2.24, 2.45) is 5.41 Å². The van der Waals surface area contributed by atoms with Gasteiger partial charge in [-0.15, -0.1) is 5.10 Å². The Morgan fingerprint density at radius 1 is 1.29 bits per heavy atom. The molecule has 0 saturated heterocycles. The number of rotatable bonds is 3. The molecular weight excluding hydrogens is 266 g/mol. The van der Waals surface area contributed by atoms with Gasteiger partial charge in [0.25, 0.3) is 0 Å². The molecule has 0 aromatic carbocycles. The van der Waals surface area contributed by atoms with E-state index in [1.165, 1.54) is 0 Å². The van der Waals surface area contributed by atoms with Gasteiger partial charge in [0.2, 0.25) is 5.91 Å². The molecule has 0 aliphatic heterocycles. The van der Waals surface area contributed by atoms with Crippen LogP contribution in [0, 0.1) is 5.41 Å². The number of fused-ring (bicyclic) bond motifs is 1. The molecule has 0 radical (unpaired) electrons. The molecule has 0 atom stereocenters. The predicted octanol–water partition coefficient (Wildman–Crippen LogP) is 2.94. The van der Waals surface area contributed by atoms with Gasteiger partial charge in [0.05, 0.1) is 16.7 Å². The zero-order valence-corrected chi connectivity index (χ0v) is 13.3. The van der Waals surface area contributed by atoms with Crippen LogP contribution in [0.2, 0.25) is 0 Å². The first-order chi connectivity index (χ1) is 9.58. The maximum atomic E-state index is 12.1. The minimum atomic E-state index is -1.09. The molecule has 0 spiro atoms. The lowest BCUT2D eigenvalue weighted by Crippen LogP contribution is -2.23. The minimum absolute atomic E-state index is 0.0991. The first kappa shape index (κ1) is 15.5. The van der Waals surface area contributed by atoms with Crippen LogP contribution >= 0.6 is 0 Å². The van der Waals surface area contributed by atoms with Gasteiger partial charge in [-0.3, -0.25) is 4.79 Å². The Kier molecular flexibility index (Phi) is 3.80. The summed E-state index contributed by atoms with van der Waals surface area (Å²) >= 11 is 0. The number of anilines is 1. The fourth-order valence-electron chi connectivity index (χ4n) is 2.35. The Bertz CT molecular complexity index is 660. The van der Waals surface area contributed by atoms with Crippen LogP contribution < -0.4 is 5.32 Å². The van der Waals surface area contributed by atoms with Crippen LogP contribution in [0.25, 0.3) is 5.52 Å². The topological polar surface area (TPSA) is 66.6 Å². The minimum Gasteiger partial charge on any atom is -0.386 e. The SMILES string of the molecule is CC(C)(C)CC(=O)Nc1nn2ccccc2c1C(C)(C)O. The highest BCUT2D eigenvalue weighted by Gasteiger charge is 2.28. The molecule has 2 N–H and O–H groups in total. The molecular formula is C16H23N3O2. The monoisotopic (exact) mass is 289 g/mol. The lowest BCUT2D eigenvalue weighted by Gasteiger charge is -2.20. The maximum Gasteiger partial charge on any atom is 0.226 e. The van der Waals surface area contributed by atoms with Crippen LogP contribution in [0.1, 0.15) is 46.6 Å². The van der Waals surface area contributed by atoms with Crippen molar-refractivity contribution < 1.29 is 9.90 Å². The summed E-state index contributed by atoms with van der Waals surface area (Å²) in [5, 5.41) is 17.6. The number of amides is 1. The summed E-state index contributed by atoms with van der Waals surface area (Å²) in [6.45, 7) is 9.40. The van der Waals surface area contributed by atoms with E-state index in [2.05, 4.69) is 10.4 Å². The van der Waals surface area contributed by atoms with E-state index in [4.69, 9.17) is 0 Å². The molecule has 0 fully saturated rings.